The standard InChI is InChI=1S/C18H25N5O2/c1-12-16(13(2)25-21-12)18(24)22-9-6-7-14(11-22)17-20-19-15-8-4-3-5-10-23(15)17/h14H,3-11H2,1-2H3. The van der Waals surface area contributed by atoms with E-state index in [0.29, 0.717) is 23.6 Å². The minimum absolute atomic E-state index is 0.0246. The average molecular weight is 343 g/mol. The molecule has 1 fully saturated rings. The minimum Gasteiger partial charge on any atom is -0.361 e. The number of carbonyl (C=O) groups excluding carboxylic acids is 1. The maximum atomic E-state index is 12.9. The summed E-state index contributed by atoms with van der Waals surface area (Å²) in [5.41, 5.74) is 1.28. The minimum atomic E-state index is 0.0246. The number of carbonyl (C=O) groups is 1. The van der Waals surface area contributed by atoms with Crippen LogP contribution in [0.25, 0.3) is 0 Å². The topological polar surface area (TPSA) is 77.1 Å². The van der Waals surface area contributed by atoms with Gasteiger partial charge in [-0.2, -0.15) is 0 Å². The smallest absolute Gasteiger partial charge is 0.259 e. The number of hydrogen-bond donors (Lipinski definition) is 0. The van der Waals surface area contributed by atoms with Gasteiger partial charge in [0.05, 0.1) is 5.69 Å². The van der Waals surface area contributed by atoms with Crippen LogP contribution in [0.1, 0.15) is 71.5 Å². The number of aryl methyl sites for hydroxylation is 3. The summed E-state index contributed by atoms with van der Waals surface area (Å²) in [5, 5.41) is 12.8. The molecule has 0 N–H and O–H groups in total. The first-order chi connectivity index (χ1) is 12.1. The third-order valence-corrected chi connectivity index (χ3v) is 5.46. The van der Waals surface area contributed by atoms with Gasteiger partial charge in [0.2, 0.25) is 0 Å². The van der Waals surface area contributed by atoms with E-state index in [0.717, 1.165) is 44.0 Å². The summed E-state index contributed by atoms with van der Waals surface area (Å²) < 4.78 is 7.48. The van der Waals surface area contributed by atoms with Crippen molar-refractivity contribution in [3.05, 3.63) is 28.7 Å². The Kier molecular flexibility index (Phi) is 4.31. The van der Waals surface area contributed by atoms with Crippen molar-refractivity contribution in [2.45, 2.75) is 64.8 Å². The van der Waals surface area contributed by atoms with Gasteiger partial charge in [-0.05, 0) is 39.5 Å². The lowest BCUT2D eigenvalue weighted by molar-refractivity contribution is 0.0700. The van der Waals surface area contributed by atoms with E-state index < -0.39 is 0 Å². The van der Waals surface area contributed by atoms with Crippen LogP contribution in [-0.2, 0) is 13.0 Å². The third-order valence-electron chi connectivity index (χ3n) is 5.46. The number of nitrogens with zero attached hydrogens (tertiary/aromatic N) is 5. The molecule has 0 radical (unpaired) electrons. The summed E-state index contributed by atoms with van der Waals surface area (Å²) in [6, 6.07) is 0. The van der Waals surface area contributed by atoms with E-state index in [9.17, 15) is 4.79 Å². The average Bonchev–Trinajstić information content (AvgIpc) is 3.09. The van der Waals surface area contributed by atoms with Crippen molar-refractivity contribution in [3.8, 4) is 0 Å². The van der Waals surface area contributed by atoms with Crippen molar-refractivity contribution < 1.29 is 9.32 Å². The Bertz CT molecular complexity index is 759. The number of piperidine rings is 1. The van der Waals surface area contributed by atoms with Gasteiger partial charge < -0.3 is 14.0 Å². The number of fused-ring (bicyclic) bond motifs is 1. The second-order valence-electron chi connectivity index (χ2n) is 7.23. The van der Waals surface area contributed by atoms with E-state index in [1.807, 2.05) is 11.8 Å². The first kappa shape index (κ1) is 16.3. The zero-order valence-corrected chi connectivity index (χ0v) is 15.0. The Morgan fingerprint density at radius 3 is 2.80 bits per heavy atom. The zero-order chi connectivity index (χ0) is 17.4. The molecular formula is C18H25N5O2. The molecule has 4 heterocycles. The van der Waals surface area contributed by atoms with Crippen molar-refractivity contribution >= 4 is 5.91 Å². The van der Waals surface area contributed by atoms with Crippen LogP contribution in [0.2, 0.25) is 0 Å². The lowest BCUT2D eigenvalue weighted by Gasteiger charge is -2.32. The number of likely N-dealkylation sites (tertiary alicyclic amines) is 1. The summed E-state index contributed by atoms with van der Waals surface area (Å²) in [6.07, 6.45) is 6.70. The number of aromatic nitrogens is 4. The first-order valence-corrected chi connectivity index (χ1v) is 9.29. The van der Waals surface area contributed by atoms with Crippen LogP contribution >= 0.6 is 0 Å². The Labute approximate surface area is 147 Å². The molecule has 0 aliphatic carbocycles. The Morgan fingerprint density at radius 2 is 2.00 bits per heavy atom. The Morgan fingerprint density at radius 1 is 1.12 bits per heavy atom. The largest absolute Gasteiger partial charge is 0.361 e. The first-order valence-electron chi connectivity index (χ1n) is 9.29. The molecule has 7 nitrogen and oxygen atoms in total. The SMILES string of the molecule is Cc1noc(C)c1C(=O)N1CCCC(c2nnc3n2CCCCC3)C1. The van der Waals surface area contributed by atoms with Crippen LogP contribution in [-0.4, -0.2) is 43.8 Å². The molecule has 7 heteroatoms. The van der Waals surface area contributed by atoms with Crippen molar-refractivity contribution in [2.24, 2.45) is 0 Å². The fraction of sp³-hybridized carbons (Fsp3) is 0.667. The van der Waals surface area contributed by atoms with Gasteiger partial charge in [-0.15, -0.1) is 10.2 Å². The normalized spacial score (nSPS) is 21.0. The summed E-state index contributed by atoms with van der Waals surface area (Å²) in [5.74, 6) is 3.06. The van der Waals surface area contributed by atoms with Crippen molar-refractivity contribution in [2.75, 3.05) is 13.1 Å². The fourth-order valence-corrected chi connectivity index (χ4v) is 4.13. The zero-order valence-electron chi connectivity index (χ0n) is 15.0. The maximum Gasteiger partial charge on any atom is 0.259 e. The molecule has 1 saturated heterocycles. The van der Waals surface area contributed by atoms with E-state index >= 15 is 0 Å². The lowest BCUT2D eigenvalue weighted by atomic mass is 9.96. The molecule has 1 atom stereocenters. The number of amides is 1. The predicted octanol–water partition coefficient (Wildman–Crippen LogP) is 2.63. The monoisotopic (exact) mass is 343 g/mol. The maximum absolute atomic E-state index is 12.9. The molecule has 2 aromatic rings. The molecule has 0 saturated carbocycles. The molecule has 1 amide bonds. The molecule has 0 aromatic carbocycles. The molecule has 4 rings (SSSR count). The van der Waals surface area contributed by atoms with Crippen molar-refractivity contribution in [1.29, 1.82) is 0 Å². The van der Waals surface area contributed by atoms with Gasteiger partial charge in [-0.3, -0.25) is 4.79 Å². The van der Waals surface area contributed by atoms with Gasteiger partial charge in [-0.1, -0.05) is 11.6 Å². The van der Waals surface area contributed by atoms with E-state index in [4.69, 9.17) is 4.52 Å². The van der Waals surface area contributed by atoms with Gasteiger partial charge in [0.1, 0.15) is 23.0 Å². The van der Waals surface area contributed by atoms with Gasteiger partial charge in [0.25, 0.3) is 5.91 Å². The van der Waals surface area contributed by atoms with Gasteiger partial charge in [0.15, 0.2) is 0 Å². The summed E-state index contributed by atoms with van der Waals surface area (Å²) in [4.78, 5) is 14.9. The van der Waals surface area contributed by atoms with Crippen LogP contribution in [0.5, 0.6) is 0 Å². The highest BCUT2D eigenvalue weighted by Gasteiger charge is 2.31. The van der Waals surface area contributed by atoms with Crippen LogP contribution in [0.3, 0.4) is 0 Å². The quantitative estimate of drug-likeness (QED) is 0.838. The van der Waals surface area contributed by atoms with E-state index in [-0.39, 0.29) is 11.8 Å². The summed E-state index contributed by atoms with van der Waals surface area (Å²) in [7, 11) is 0. The lowest BCUT2D eigenvalue weighted by Crippen LogP contribution is -2.40. The molecule has 0 spiro atoms. The number of rotatable bonds is 2. The second kappa shape index (κ2) is 6.61. The fourth-order valence-electron chi connectivity index (χ4n) is 4.13. The van der Waals surface area contributed by atoms with E-state index in [1.54, 1.807) is 6.92 Å². The van der Waals surface area contributed by atoms with Crippen LogP contribution in [0.4, 0.5) is 0 Å². The number of hydrogen-bond acceptors (Lipinski definition) is 5. The highest BCUT2D eigenvalue weighted by Crippen LogP contribution is 2.29. The molecule has 2 aromatic heterocycles. The third kappa shape index (κ3) is 2.96. The van der Waals surface area contributed by atoms with Gasteiger partial charge in [-0.25, -0.2) is 0 Å². The molecule has 2 aliphatic rings. The molecular weight excluding hydrogens is 318 g/mol. The Balaban J connectivity index is 1.56. The molecule has 1 unspecified atom stereocenters. The van der Waals surface area contributed by atoms with E-state index in [1.165, 1.54) is 19.3 Å². The van der Waals surface area contributed by atoms with Crippen molar-refractivity contribution in [3.63, 3.8) is 0 Å². The van der Waals surface area contributed by atoms with Crippen molar-refractivity contribution in [1.82, 2.24) is 24.8 Å². The Hall–Kier alpha value is -2.18. The van der Waals surface area contributed by atoms with Gasteiger partial charge >= 0.3 is 0 Å². The van der Waals surface area contributed by atoms with Gasteiger partial charge in [0, 0.05) is 32.0 Å². The summed E-state index contributed by atoms with van der Waals surface area (Å²) in [6.45, 7) is 6.10. The second-order valence-corrected chi connectivity index (χ2v) is 7.23. The molecule has 2 aliphatic heterocycles. The summed E-state index contributed by atoms with van der Waals surface area (Å²) >= 11 is 0. The molecule has 0 bridgehead atoms. The van der Waals surface area contributed by atoms with Crippen LogP contribution < -0.4 is 0 Å². The predicted molar refractivity (Wildman–Crippen MR) is 91.4 cm³/mol. The highest BCUT2D eigenvalue weighted by molar-refractivity contribution is 5.96. The van der Waals surface area contributed by atoms with Crippen LogP contribution in [0.15, 0.2) is 4.52 Å². The van der Waals surface area contributed by atoms with Crippen LogP contribution in [0, 0.1) is 13.8 Å². The molecule has 25 heavy (non-hydrogen) atoms. The van der Waals surface area contributed by atoms with E-state index in [2.05, 4.69) is 19.9 Å². The molecule has 134 valence electrons. The highest BCUT2D eigenvalue weighted by atomic mass is 16.5.